The van der Waals surface area contributed by atoms with Gasteiger partial charge in [0.2, 0.25) is 0 Å². The van der Waals surface area contributed by atoms with Gasteiger partial charge in [0.15, 0.2) is 0 Å². The Labute approximate surface area is 115 Å². The van der Waals surface area contributed by atoms with Gasteiger partial charge in [-0.1, -0.05) is 42.5 Å². The molecule has 0 aromatic heterocycles. The van der Waals surface area contributed by atoms with E-state index < -0.39 is 16.3 Å². The van der Waals surface area contributed by atoms with Gasteiger partial charge < -0.3 is 5.11 Å². The standard InChI is InChI=1S/C15H13NO4/c1-15(14(17)18,11-5-3-2-4-6-11)12-7-9-13(10-8-12)16(19)20/h2-10H,1H3,(H,17,18). The van der Waals surface area contributed by atoms with Gasteiger partial charge in [-0.2, -0.15) is 0 Å². The van der Waals surface area contributed by atoms with Crippen LogP contribution in [0.2, 0.25) is 0 Å². The fourth-order valence-corrected chi connectivity index (χ4v) is 2.10. The maximum atomic E-state index is 11.7. The minimum Gasteiger partial charge on any atom is -0.480 e. The Balaban J connectivity index is 2.54. The van der Waals surface area contributed by atoms with Crippen molar-refractivity contribution in [3.8, 4) is 0 Å². The second-order valence-electron chi connectivity index (χ2n) is 4.60. The summed E-state index contributed by atoms with van der Waals surface area (Å²) in [6.45, 7) is 1.59. The van der Waals surface area contributed by atoms with E-state index in [1.165, 1.54) is 24.3 Å². The minimum absolute atomic E-state index is 0.0606. The van der Waals surface area contributed by atoms with E-state index in [1.807, 2.05) is 6.07 Å². The van der Waals surface area contributed by atoms with E-state index >= 15 is 0 Å². The summed E-state index contributed by atoms with van der Waals surface area (Å²) in [4.78, 5) is 21.9. The largest absolute Gasteiger partial charge is 0.480 e. The molecule has 0 aliphatic heterocycles. The van der Waals surface area contributed by atoms with Crippen molar-refractivity contribution in [2.75, 3.05) is 0 Å². The fraction of sp³-hybridized carbons (Fsp3) is 0.133. The van der Waals surface area contributed by atoms with Crippen LogP contribution in [-0.4, -0.2) is 16.0 Å². The number of carboxylic acids is 1. The van der Waals surface area contributed by atoms with Crippen LogP contribution in [0, 0.1) is 10.1 Å². The maximum Gasteiger partial charge on any atom is 0.318 e. The molecule has 2 aromatic carbocycles. The Morgan fingerprint density at radius 3 is 2.00 bits per heavy atom. The summed E-state index contributed by atoms with van der Waals surface area (Å²) in [5.74, 6) is -1.00. The monoisotopic (exact) mass is 271 g/mol. The van der Waals surface area contributed by atoms with Crippen LogP contribution < -0.4 is 0 Å². The highest BCUT2D eigenvalue weighted by molar-refractivity contribution is 5.85. The van der Waals surface area contributed by atoms with Gasteiger partial charge >= 0.3 is 5.97 Å². The molecule has 20 heavy (non-hydrogen) atoms. The van der Waals surface area contributed by atoms with Crippen LogP contribution in [0.25, 0.3) is 0 Å². The van der Waals surface area contributed by atoms with Gasteiger partial charge in [0.1, 0.15) is 5.41 Å². The molecular formula is C15H13NO4. The topological polar surface area (TPSA) is 80.4 Å². The van der Waals surface area contributed by atoms with Crippen molar-refractivity contribution in [2.24, 2.45) is 0 Å². The van der Waals surface area contributed by atoms with Crippen LogP contribution in [0.5, 0.6) is 0 Å². The first-order valence-electron chi connectivity index (χ1n) is 6.00. The highest BCUT2D eigenvalue weighted by atomic mass is 16.6. The number of carboxylic acid groups (broad SMARTS) is 1. The van der Waals surface area contributed by atoms with E-state index in [1.54, 1.807) is 31.2 Å². The molecule has 1 atom stereocenters. The second-order valence-corrected chi connectivity index (χ2v) is 4.60. The molecule has 5 heteroatoms. The van der Waals surface area contributed by atoms with Crippen LogP contribution in [0.1, 0.15) is 18.1 Å². The molecule has 0 radical (unpaired) electrons. The number of benzene rings is 2. The summed E-state index contributed by atoms with van der Waals surface area (Å²) < 4.78 is 0. The molecule has 2 rings (SSSR count). The first kappa shape index (κ1) is 13.7. The number of hydrogen-bond acceptors (Lipinski definition) is 3. The molecule has 0 spiro atoms. The number of hydrogen-bond donors (Lipinski definition) is 1. The lowest BCUT2D eigenvalue weighted by Crippen LogP contribution is -2.33. The van der Waals surface area contributed by atoms with E-state index in [9.17, 15) is 20.0 Å². The summed E-state index contributed by atoms with van der Waals surface area (Å²) in [5.41, 5.74) is -0.172. The van der Waals surface area contributed by atoms with Gasteiger partial charge in [-0.15, -0.1) is 0 Å². The number of non-ortho nitro benzene ring substituents is 1. The Kier molecular flexibility index (Phi) is 3.52. The third kappa shape index (κ3) is 2.25. The van der Waals surface area contributed by atoms with Gasteiger partial charge in [0.05, 0.1) is 4.92 Å². The lowest BCUT2D eigenvalue weighted by molar-refractivity contribution is -0.384. The van der Waals surface area contributed by atoms with Crippen molar-refractivity contribution in [2.45, 2.75) is 12.3 Å². The van der Waals surface area contributed by atoms with Crippen LogP contribution in [0.15, 0.2) is 54.6 Å². The van der Waals surface area contributed by atoms with Gasteiger partial charge in [-0.05, 0) is 18.1 Å². The molecule has 0 aliphatic rings. The molecule has 0 saturated heterocycles. The number of nitro groups is 1. The zero-order chi connectivity index (χ0) is 14.8. The van der Waals surface area contributed by atoms with Gasteiger partial charge in [-0.3, -0.25) is 14.9 Å². The average Bonchev–Trinajstić information content (AvgIpc) is 2.47. The lowest BCUT2D eigenvalue weighted by atomic mass is 9.76. The molecule has 0 bridgehead atoms. The van der Waals surface area contributed by atoms with Crippen molar-refractivity contribution in [1.29, 1.82) is 0 Å². The minimum atomic E-state index is -1.24. The Hall–Kier alpha value is -2.69. The lowest BCUT2D eigenvalue weighted by Gasteiger charge is -2.25. The second kappa shape index (κ2) is 5.13. The average molecular weight is 271 g/mol. The fourth-order valence-electron chi connectivity index (χ4n) is 2.10. The predicted molar refractivity (Wildman–Crippen MR) is 73.6 cm³/mol. The van der Waals surface area contributed by atoms with Crippen LogP contribution in [0.4, 0.5) is 5.69 Å². The molecule has 0 fully saturated rings. The summed E-state index contributed by atoms with van der Waals surface area (Å²) in [6, 6.07) is 14.4. The smallest absolute Gasteiger partial charge is 0.318 e. The molecule has 5 nitrogen and oxygen atoms in total. The highest BCUT2D eigenvalue weighted by Crippen LogP contribution is 2.33. The van der Waals surface area contributed by atoms with Gasteiger partial charge in [0, 0.05) is 12.1 Å². The predicted octanol–water partition coefficient (Wildman–Crippen LogP) is 2.99. The number of carbonyl (C=O) groups is 1. The molecule has 1 N–H and O–H groups in total. The Bertz CT molecular complexity index is 637. The van der Waals surface area contributed by atoms with E-state index in [2.05, 4.69) is 0 Å². The summed E-state index contributed by atoms with van der Waals surface area (Å²) in [6.07, 6.45) is 0. The van der Waals surface area contributed by atoms with E-state index in [4.69, 9.17) is 0 Å². The number of aliphatic carboxylic acids is 1. The van der Waals surface area contributed by atoms with Crippen LogP contribution in [0.3, 0.4) is 0 Å². The van der Waals surface area contributed by atoms with Crippen molar-refractivity contribution in [3.05, 3.63) is 75.8 Å². The third-order valence-electron chi connectivity index (χ3n) is 3.43. The Morgan fingerprint density at radius 1 is 1.05 bits per heavy atom. The van der Waals surface area contributed by atoms with Crippen molar-refractivity contribution < 1.29 is 14.8 Å². The Morgan fingerprint density at radius 2 is 1.55 bits per heavy atom. The van der Waals surface area contributed by atoms with Gasteiger partial charge in [0.25, 0.3) is 5.69 Å². The molecule has 0 heterocycles. The number of nitro benzene ring substituents is 1. The number of nitrogens with zero attached hydrogens (tertiary/aromatic N) is 1. The van der Waals surface area contributed by atoms with Crippen molar-refractivity contribution in [3.63, 3.8) is 0 Å². The molecular weight excluding hydrogens is 258 g/mol. The summed E-state index contributed by atoms with van der Waals surface area (Å²) in [5, 5.41) is 20.2. The van der Waals surface area contributed by atoms with Crippen molar-refractivity contribution >= 4 is 11.7 Å². The molecule has 0 amide bonds. The number of rotatable bonds is 4. The quantitative estimate of drug-likeness (QED) is 0.684. The summed E-state index contributed by atoms with van der Waals surface area (Å²) in [7, 11) is 0. The molecule has 0 aliphatic carbocycles. The maximum absolute atomic E-state index is 11.7. The van der Waals surface area contributed by atoms with Crippen LogP contribution >= 0.6 is 0 Å². The van der Waals surface area contributed by atoms with Crippen molar-refractivity contribution in [1.82, 2.24) is 0 Å². The molecule has 0 saturated carbocycles. The molecule has 2 aromatic rings. The van der Waals surface area contributed by atoms with E-state index in [-0.39, 0.29) is 5.69 Å². The molecule has 1 unspecified atom stereocenters. The first-order valence-corrected chi connectivity index (χ1v) is 6.00. The third-order valence-corrected chi connectivity index (χ3v) is 3.43. The zero-order valence-electron chi connectivity index (χ0n) is 10.8. The zero-order valence-corrected chi connectivity index (χ0v) is 10.8. The van der Waals surface area contributed by atoms with Gasteiger partial charge in [-0.25, -0.2) is 0 Å². The van der Waals surface area contributed by atoms with E-state index in [0.29, 0.717) is 11.1 Å². The summed E-state index contributed by atoms with van der Waals surface area (Å²) >= 11 is 0. The normalized spacial score (nSPS) is 13.4. The molecule has 102 valence electrons. The first-order chi connectivity index (χ1) is 9.46. The SMILES string of the molecule is CC(C(=O)O)(c1ccccc1)c1ccc([N+](=O)[O-])cc1. The highest BCUT2D eigenvalue weighted by Gasteiger charge is 2.37. The van der Waals surface area contributed by atoms with Crippen LogP contribution in [-0.2, 0) is 10.2 Å². The van der Waals surface area contributed by atoms with E-state index in [0.717, 1.165) is 0 Å².